The van der Waals surface area contributed by atoms with E-state index < -0.39 is 5.97 Å². The molecule has 104 valence electrons. The first-order chi connectivity index (χ1) is 10.1. The van der Waals surface area contributed by atoms with Crippen molar-refractivity contribution >= 4 is 22.7 Å². The van der Waals surface area contributed by atoms with Crippen LogP contribution in [-0.2, 0) is 0 Å². The van der Waals surface area contributed by atoms with Crippen molar-refractivity contribution in [1.29, 1.82) is 0 Å². The molecule has 0 unspecified atom stereocenters. The summed E-state index contributed by atoms with van der Waals surface area (Å²) in [6.45, 7) is 1.88. The molecule has 1 heterocycles. The van der Waals surface area contributed by atoms with Crippen LogP contribution < -0.4 is 0 Å². The van der Waals surface area contributed by atoms with Gasteiger partial charge in [0.05, 0.1) is 5.56 Å². The lowest BCUT2D eigenvalue weighted by Gasteiger charge is -2.00. The summed E-state index contributed by atoms with van der Waals surface area (Å²) in [4.78, 5) is 27.1. The topological polar surface area (TPSA) is 70.2 Å². The smallest absolute Gasteiger partial charge is 0.338 e. The number of hydrogen-bond donors (Lipinski definition) is 2. The number of rotatable bonds is 3. The fourth-order valence-corrected chi connectivity index (χ4v) is 2.49. The lowest BCUT2D eigenvalue weighted by molar-refractivity contribution is 0.0695. The quantitative estimate of drug-likeness (QED) is 0.722. The summed E-state index contributed by atoms with van der Waals surface area (Å²) in [5, 5.41) is 10.0. The number of aromatic carboxylic acids is 1. The van der Waals surface area contributed by atoms with Crippen LogP contribution in [0.4, 0.5) is 0 Å². The van der Waals surface area contributed by atoms with E-state index in [-0.39, 0.29) is 17.0 Å². The monoisotopic (exact) mass is 279 g/mol. The Hall–Kier alpha value is -2.88. The Morgan fingerprint density at radius 3 is 2.38 bits per heavy atom. The average Bonchev–Trinajstić information content (AvgIpc) is 2.88. The van der Waals surface area contributed by atoms with Gasteiger partial charge in [-0.1, -0.05) is 48.5 Å². The first-order valence-corrected chi connectivity index (χ1v) is 6.54. The Morgan fingerprint density at radius 1 is 1.00 bits per heavy atom. The standard InChI is InChI=1S/C17H13NO3/c1-10-6-5-9-12-13(17(20)21)15(18-14(10)12)16(19)11-7-3-2-4-8-11/h2-9,18H,1H3,(H,20,21). The number of fused-ring (bicyclic) bond motifs is 1. The Bertz CT molecular complexity index is 847. The van der Waals surface area contributed by atoms with E-state index in [0.29, 0.717) is 16.5 Å². The highest BCUT2D eigenvalue weighted by molar-refractivity contribution is 6.19. The van der Waals surface area contributed by atoms with Crippen LogP contribution in [0.1, 0.15) is 32.0 Å². The minimum Gasteiger partial charge on any atom is -0.478 e. The molecule has 0 aliphatic rings. The minimum absolute atomic E-state index is 0.0301. The molecule has 21 heavy (non-hydrogen) atoms. The second-order valence-electron chi connectivity index (χ2n) is 4.87. The molecule has 2 N–H and O–H groups in total. The highest BCUT2D eigenvalue weighted by atomic mass is 16.4. The Kier molecular flexibility index (Phi) is 3.06. The van der Waals surface area contributed by atoms with E-state index >= 15 is 0 Å². The summed E-state index contributed by atoms with van der Waals surface area (Å²) in [5.41, 5.74) is 2.21. The van der Waals surface area contributed by atoms with E-state index in [2.05, 4.69) is 4.98 Å². The van der Waals surface area contributed by atoms with Gasteiger partial charge in [0.1, 0.15) is 5.69 Å². The highest BCUT2D eigenvalue weighted by Gasteiger charge is 2.24. The lowest BCUT2D eigenvalue weighted by atomic mass is 10.0. The molecule has 0 spiro atoms. The zero-order valence-corrected chi connectivity index (χ0v) is 11.4. The summed E-state index contributed by atoms with van der Waals surface area (Å²) in [5.74, 6) is -1.42. The molecular weight excluding hydrogens is 266 g/mol. The molecule has 1 aromatic heterocycles. The zero-order chi connectivity index (χ0) is 15.0. The average molecular weight is 279 g/mol. The van der Waals surface area contributed by atoms with E-state index in [1.165, 1.54) is 0 Å². The number of aryl methyl sites for hydroxylation is 1. The first-order valence-electron chi connectivity index (χ1n) is 6.54. The number of carboxylic acids is 1. The minimum atomic E-state index is -1.11. The van der Waals surface area contributed by atoms with Crippen LogP contribution in [0.3, 0.4) is 0 Å². The van der Waals surface area contributed by atoms with Gasteiger partial charge >= 0.3 is 5.97 Å². The van der Waals surface area contributed by atoms with Gasteiger partial charge in [-0.15, -0.1) is 0 Å². The molecule has 0 saturated heterocycles. The maximum absolute atomic E-state index is 12.6. The summed E-state index contributed by atoms with van der Waals surface area (Å²) >= 11 is 0. The Labute approximate surface area is 121 Å². The predicted molar refractivity (Wildman–Crippen MR) is 79.9 cm³/mol. The molecule has 0 fully saturated rings. The van der Waals surface area contributed by atoms with Crippen LogP contribution in [0.5, 0.6) is 0 Å². The van der Waals surface area contributed by atoms with E-state index in [1.54, 1.807) is 36.4 Å². The second kappa shape index (κ2) is 4.90. The Morgan fingerprint density at radius 2 is 1.71 bits per heavy atom. The first kappa shape index (κ1) is 13.1. The van der Waals surface area contributed by atoms with E-state index in [1.807, 2.05) is 19.1 Å². The maximum Gasteiger partial charge on any atom is 0.338 e. The molecule has 3 rings (SSSR count). The van der Waals surface area contributed by atoms with Crippen molar-refractivity contribution in [3.05, 3.63) is 70.9 Å². The zero-order valence-electron chi connectivity index (χ0n) is 11.4. The number of aromatic nitrogens is 1. The number of carbonyl (C=O) groups is 2. The number of carbonyl (C=O) groups excluding carboxylic acids is 1. The third-order valence-electron chi connectivity index (χ3n) is 3.52. The largest absolute Gasteiger partial charge is 0.478 e. The molecule has 2 aromatic carbocycles. The number of nitrogens with one attached hydrogen (secondary N) is 1. The van der Waals surface area contributed by atoms with Gasteiger partial charge in [-0.2, -0.15) is 0 Å². The van der Waals surface area contributed by atoms with Gasteiger partial charge in [-0.3, -0.25) is 4.79 Å². The number of aromatic amines is 1. The molecule has 0 saturated carbocycles. The predicted octanol–water partition coefficient (Wildman–Crippen LogP) is 3.41. The molecule has 4 nitrogen and oxygen atoms in total. The van der Waals surface area contributed by atoms with Crippen molar-refractivity contribution in [2.24, 2.45) is 0 Å². The van der Waals surface area contributed by atoms with Crippen LogP contribution in [0.25, 0.3) is 10.9 Å². The molecule has 3 aromatic rings. The number of carboxylic acid groups (broad SMARTS) is 1. The van der Waals surface area contributed by atoms with Crippen LogP contribution in [0.15, 0.2) is 48.5 Å². The summed E-state index contributed by atoms with van der Waals surface area (Å²) in [6, 6.07) is 14.0. The summed E-state index contributed by atoms with van der Waals surface area (Å²) < 4.78 is 0. The normalized spacial score (nSPS) is 10.7. The van der Waals surface area contributed by atoms with Gasteiger partial charge in [0, 0.05) is 16.5 Å². The van der Waals surface area contributed by atoms with Gasteiger partial charge < -0.3 is 10.1 Å². The van der Waals surface area contributed by atoms with Crippen molar-refractivity contribution < 1.29 is 14.7 Å². The van der Waals surface area contributed by atoms with Gasteiger partial charge in [0.2, 0.25) is 5.78 Å². The van der Waals surface area contributed by atoms with Crippen molar-refractivity contribution in [3.63, 3.8) is 0 Å². The van der Waals surface area contributed by atoms with E-state index in [0.717, 1.165) is 5.56 Å². The van der Waals surface area contributed by atoms with Crippen LogP contribution in [-0.4, -0.2) is 21.8 Å². The van der Waals surface area contributed by atoms with Crippen molar-refractivity contribution in [2.75, 3.05) is 0 Å². The number of benzene rings is 2. The third-order valence-corrected chi connectivity index (χ3v) is 3.52. The number of ketones is 1. The molecule has 0 aliphatic carbocycles. The lowest BCUT2D eigenvalue weighted by Crippen LogP contribution is -2.08. The molecular formula is C17H13NO3. The number of para-hydroxylation sites is 1. The molecule has 4 heteroatoms. The second-order valence-corrected chi connectivity index (χ2v) is 4.87. The summed E-state index contributed by atoms with van der Waals surface area (Å²) in [6.07, 6.45) is 0. The SMILES string of the molecule is Cc1cccc2c(C(=O)O)c(C(=O)c3ccccc3)[nH]c12. The van der Waals surface area contributed by atoms with Crippen molar-refractivity contribution in [3.8, 4) is 0 Å². The molecule has 0 atom stereocenters. The van der Waals surface area contributed by atoms with Gasteiger partial charge in [-0.25, -0.2) is 4.79 Å². The highest BCUT2D eigenvalue weighted by Crippen LogP contribution is 2.26. The fraction of sp³-hybridized carbons (Fsp3) is 0.0588. The molecule has 0 aliphatic heterocycles. The number of hydrogen-bond acceptors (Lipinski definition) is 2. The van der Waals surface area contributed by atoms with Crippen molar-refractivity contribution in [2.45, 2.75) is 6.92 Å². The molecule has 0 radical (unpaired) electrons. The van der Waals surface area contributed by atoms with Crippen LogP contribution in [0.2, 0.25) is 0 Å². The van der Waals surface area contributed by atoms with Crippen LogP contribution >= 0.6 is 0 Å². The fourth-order valence-electron chi connectivity index (χ4n) is 2.49. The summed E-state index contributed by atoms with van der Waals surface area (Å²) in [7, 11) is 0. The number of H-pyrrole nitrogens is 1. The molecule has 0 bridgehead atoms. The van der Waals surface area contributed by atoms with Crippen LogP contribution in [0, 0.1) is 6.92 Å². The van der Waals surface area contributed by atoms with E-state index in [9.17, 15) is 14.7 Å². The Balaban J connectivity index is 2.28. The van der Waals surface area contributed by atoms with Gasteiger partial charge in [-0.05, 0) is 12.5 Å². The van der Waals surface area contributed by atoms with Gasteiger partial charge in [0.15, 0.2) is 0 Å². The molecule has 0 amide bonds. The van der Waals surface area contributed by atoms with Gasteiger partial charge in [0.25, 0.3) is 0 Å². The maximum atomic E-state index is 12.6. The third kappa shape index (κ3) is 2.10. The van der Waals surface area contributed by atoms with E-state index in [4.69, 9.17) is 0 Å². The van der Waals surface area contributed by atoms with Crippen molar-refractivity contribution in [1.82, 2.24) is 4.98 Å².